The number of hydrogen-bond acceptors (Lipinski definition) is 2. The topological polar surface area (TPSA) is 26.3 Å². The lowest BCUT2D eigenvalue weighted by atomic mass is 10.0. The molecule has 0 aliphatic heterocycles. The van der Waals surface area contributed by atoms with E-state index in [1.807, 2.05) is 24.3 Å². The van der Waals surface area contributed by atoms with E-state index in [0.717, 1.165) is 12.0 Å². The van der Waals surface area contributed by atoms with Gasteiger partial charge in [-0.1, -0.05) is 38.1 Å². The number of hydrogen-bond donors (Lipinski definition) is 0. The normalized spacial score (nSPS) is 10.7. The summed E-state index contributed by atoms with van der Waals surface area (Å²) in [6.45, 7) is 4.53. The maximum absolute atomic E-state index is 11.5. The minimum atomic E-state index is 0.0357. The zero-order chi connectivity index (χ0) is 11.3. The Morgan fingerprint density at radius 1 is 1.27 bits per heavy atom. The van der Waals surface area contributed by atoms with Gasteiger partial charge in [0.1, 0.15) is 6.61 Å². The van der Waals surface area contributed by atoms with Gasteiger partial charge >= 0.3 is 0 Å². The van der Waals surface area contributed by atoms with Crippen molar-refractivity contribution >= 4 is 5.78 Å². The van der Waals surface area contributed by atoms with Gasteiger partial charge in [0.25, 0.3) is 0 Å². The summed E-state index contributed by atoms with van der Waals surface area (Å²) in [4.78, 5) is 11.5. The lowest BCUT2D eigenvalue weighted by Crippen LogP contribution is -2.07. The molecule has 2 heteroatoms. The fourth-order valence-corrected chi connectivity index (χ4v) is 1.51. The number of carbonyl (C=O) groups is 1. The van der Waals surface area contributed by atoms with Gasteiger partial charge in [0.15, 0.2) is 5.78 Å². The van der Waals surface area contributed by atoms with Crippen LogP contribution in [-0.2, 0) is 11.2 Å². The summed E-state index contributed by atoms with van der Waals surface area (Å²) < 4.78 is 4.80. The first-order chi connectivity index (χ1) is 7.13. The third kappa shape index (κ3) is 3.84. The molecule has 0 aliphatic carbocycles. The summed E-state index contributed by atoms with van der Waals surface area (Å²) in [6, 6.07) is 7.78. The van der Waals surface area contributed by atoms with Crippen LogP contribution in [0.3, 0.4) is 0 Å². The molecule has 0 unspecified atom stereocenters. The van der Waals surface area contributed by atoms with E-state index in [1.54, 1.807) is 0 Å². The van der Waals surface area contributed by atoms with Crippen molar-refractivity contribution < 1.29 is 9.53 Å². The Hall–Kier alpha value is -1.15. The van der Waals surface area contributed by atoms with Gasteiger partial charge in [-0.2, -0.15) is 0 Å². The Bertz CT molecular complexity index is 312. The lowest BCUT2D eigenvalue weighted by Gasteiger charge is -2.05. The molecule has 82 valence electrons. The second-order valence-electron chi connectivity index (χ2n) is 4.15. The molecule has 0 radical (unpaired) electrons. The van der Waals surface area contributed by atoms with Crippen LogP contribution in [0.25, 0.3) is 0 Å². The van der Waals surface area contributed by atoms with Crippen LogP contribution in [-0.4, -0.2) is 19.5 Å². The number of ether oxygens (including phenoxy) is 1. The maximum Gasteiger partial charge on any atom is 0.188 e. The van der Waals surface area contributed by atoms with Crippen LogP contribution in [0.2, 0.25) is 0 Å². The van der Waals surface area contributed by atoms with Crippen LogP contribution in [0.5, 0.6) is 0 Å². The summed E-state index contributed by atoms with van der Waals surface area (Å²) in [5.74, 6) is 0.680. The van der Waals surface area contributed by atoms with Crippen molar-refractivity contribution in [2.24, 2.45) is 5.92 Å². The molecule has 0 saturated carbocycles. The van der Waals surface area contributed by atoms with Gasteiger partial charge in [-0.05, 0) is 17.9 Å². The summed E-state index contributed by atoms with van der Waals surface area (Å²) in [6.07, 6.45) is 1.05. The maximum atomic E-state index is 11.5. The Balaban J connectivity index is 2.67. The van der Waals surface area contributed by atoms with E-state index in [-0.39, 0.29) is 12.4 Å². The first-order valence-corrected chi connectivity index (χ1v) is 5.24. The Labute approximate surface area is 91.3 Å². The Morgan fingerprint density at radius 3 is 2.33 bits per heavy atom. The van der Waals surface area contributed by atoms with E-state index in [4.69, 9.17) is 4.74 Å². The van der Waals surface area contributed by atoms with Crippen molar-refractivity contribution in [3.63, 3.8) is 0 Å². The van der Waals surface area contributed by atoms with Crippen LogP contribution in [0.15, 0.2) is 24.3 Å². The smallest absolute Gasteiger partial charge is 0.188 e. The summed E-state index contributed by atoms with van der Waals surface area (Å²) >= 11 is 0. The first-order valence-electron chi connectivity index (χ1n) is 5.24. The monoisotopic (exact) mass is 206 g/mol. The minimum Gasteiger partial charge on any atom is -0.377 e. The molecule has 0 heterocycles. The standard InChI is InChI=1S/C13H18O2/c1-10(2)8-11-4-6-12(7-5-11)13(14)9-15-3/h4-7,10H,8-9H2,1-3H3. The fraction of sp³-hybridized carbons (Fsp3) is 0.462. The Kier molecular flexibility index (Phi) is 4.50. The van der Waals surface area contributed by atoms with Crippen LogP contribution < -0.4 is 0 Å². The predicted molar refractivity (Wildman–Crippen MR) is 61.2 cm³/mol. The molecule has 0 aliphatic rings. The zero-order valence-electron chi connectivity index (χ0n) is 9.62. The van der Waals surface area contributed by atoms with Crippen LogP contribution in [0, 0.1) is 5.92 Å². The van der Waals surface area contributed by atoms with Crippen molar-refractivity contribution in [1.82, 2.24) is 0 Å². The SMILES string of the molecule is COCC(=O)c1ccc(CC(C)C)cc1. The van der Waals surface area contributed by atoms with E-state index >= 15 is 0 Å². The number of methoxy groups -OCH3 is 1. The second kappa shape index (κ2) is 5.66. The predicted octanol–water partition coefficient (Wildman–Crippen LogP) is 2.71. The highest BCUT2D eigenvalue weighted by Gasteiger charge is 2.05. The molecule has 1 rings (SSSR count). The molecule has 0 N–H and O–H groups in total. The number of ketones is 1. The average Bonchev–Trinajstić information content (AvgIpc) is 2.18. The summed E-state index contributed by atoms with van der Waals surface area (Å²) in [5.41, 5.74) is 2.00. The van der Waals surface area contributed by atoms with Gasteiger partial charge in [-0.25, -0.2) is 0 Å². The van der Waals surface area contributed by atoms with Crippen LogP contribution >= 0.6 is 0 Å². The first kappa shape index (κ1) is 11.9. The quantitative estimate of drug-likeness (QED) is 0.692. The average molecular weight is 206 g/mol. The van der Waals surface area contributed by atoms with Gasteiger partial charge in [0.2, 0.25) is 0 Å². The number of benzene rings is 1. The molecule has 0 bridgehead atoms. The van der Waals surface area contributed by atoms with Crippen molar-refractivity contribution in [3.05, 3.63) is 35.4 Å². The molecule has 1 aromatic carbocycles. The molecule has 15 heavy (non-hydrogen) atoms. The Morgan fingerprint density at radius 2 is 1.87 bits per heavy atom. The zero-order valence-corrected chi connectivity index (χ0v) is 9.62. The molecular weight excluding hydrogens is 188 g/mol. The van der Waals surface area contributed by atoms with E-state index in [1.165, 1.54) is 12.7 Å². The number of rotatable bonds is 5. The molecular formula is C13H18O2. The van der Waals surface area contributed by atoms with Crippen molar-refractivity contribution in [2.45, 2.75) is 20.3 Å². The lowest BCUT2D eigenvalue weighted by molar-refractivity contribution is 0.0848. The van der Waals surface area contributed by atoms with Gasteiger partial charge in [-0.15, -0.1) is 0 Å². The van der Waals surface area contributed by atoms with Gasteiger partial charge in [0.05, 0.1) is 0 Å². The molecule has 0 amide bonds. The van der Waals surface area contributed by atoms with Gasteiger partial charge in [0, 0.05) is 12.7 Å². The van der Waals surface area contributed by atoms with Gasteiger partial charge < -0.3 is 4.74 Å². The summed E-state index contributed by atoms with van der Waals surface area (Å²) in [5, 5.41) is 0. The molecule has 0 spiro atoms. The number of carbonyl (C=O) groups excluding carboxylic acids is 1. The highest BCUT2D eigenvalue weighted by Crippen LogP contribution is 2.10. The molecule has 0 atom stereocenters. The van der Waals surface area contributed by atoms with E-state index in [2.05, 4.69) is 13.8 Å². The highest BCUT2D eigenvalue weighted by atomic mass is 16.5. The summed E-state index contributed by atoms with van der Waals surface area (Å²) in [7, 11) is 1.53. The highest BCUT2D eigenvalue weighted by molar-refractivity contribution is 5.97. The minimum absolute atomic E-state index is 0.0357. The van der Waals surface area contributed by atoms with Gasteiger partial charge in [-0.3, -0.25) is 4.79 Å². The fourth-order valence-electron chi connectivity index (χ4n) is 1.51. The number of Topliss-reactive ketones (excluding diaryl/α,β-unsaturated/α-hetero) is 1. The van der Waals surface area contributed by atoms with Crippen molar-refractivity contribution in [3.8, 4) is 0 Å². The molecule has 0 aromatic heterocycles. The van der Waals surface area contributed by atoms with E-state index in [0.29, 0.717) is 5.92 Å². The van der Waals surface area contributed by atoms with Crippen molar-refractivity contribution in [2.75, 3.05) is 13.7 Å². The van der Waals surface area contributed by atoms with Crippen molar-refractivity contribution in [1.29, 1.82) is 0 Å². The third-order valence-corrected chi connectivity index (χ3v) is 2.20. The van der Waals surface area contributed by atoms with E-state index < -0.39 is 0 Å². The molecule has 0 saturated heterocycles. The van der Waals surface area contributed by atoms with E-state index in [9.17, 15) is 4.79 Å². The molecule has 0 fully saturated rings. The second-order valence-corrected chi connectivity index (χ2v) is 4.15. The largest absolute Gasteiger partial charge is 0.377 e. The van der Waals surface area contributed by atoms with Crippen LogP contribution in [0.1, 0.15) is 29.8 Å². The third-order valence-electron chi connectivity index (χ3n) is 2.20. The molecule has 1 aromatic rings. The molecule has 2 nitrogen and oxygen atoms in total. The van der Waals surface area contributed by atoms with Crippen LogP contribution in [0.4, 0.5) is 0 Å².